The van der Waals surface area contributed by atoms with Crippen molar-refractivity contribution >= 4 is 17.4 Å². The predicted octanol–water partition coefficient (Wildman–Crippen LogP) is 3.79. The van der Waals surface area contributed by atoms with Gasteiger partial charge in [-0.1, -0.05) is 24.6 Å². The zero-order valence-electron chi connectivity index (χ0n) is 9.75. The van der Waals surface area contributed by atoms with Gasteiger partial charge < -0.3 is 4.74 Å². The van der Waals surface area contributed by atoms with Crippen LogP contribution in [-0.2, 0) is 4.79 Å². The summed E-state index contributed by atoms with van der Waals surface area (Å²) >= 11 is 6.01. The van der Waals surface area contributed by atoms with Crippen molar-refractivity contribution in [1.82, 2.24) is 0 Å². The fraction of sp³-hybridized carbons (Fsp3) is 0.462. The second kappa shape index (κ2) is 6.54. The first kappa shape index (κ1) is 13.0. The van der Waals surface area contributed by atoms with Crippen LogP contribution in [0.5, 0.6) is 5.75 Å². The third-order valence-corrected chi connectivity index (χ3v) is 2.63. The van der Waals surface area contributed by atoms with Gasteiger partial charge >= 0.3 is 0 Å². The predicted molar refractivity (Wildman–Crippen MR) is 66.2 cm³/mol. The molecule has 0 fully saturated rings. The minimum atomic E-state index is 0.276. The summed E-state index contributed by atoms with van der Waals surface area (Å²) in [5, 5.41) is 0.627. The Morgan fingerprint density at radius 3 is 2.81 bits per heavy atom. The van der Waals surface area contributed by atoms with E-state index in [2.05, 4.69) is 0 Å². The van der Waals surface area contributed by atoms with Crippen LogP contribution in [-0.4, -0.2) is 12.4 Å². The first-order valence-corrected chi connectivity index (χ1v) is 5.92. The number of rotatable bonds is 6. The highest BCUT2D eigenvalue weighted by molar-refractivity contribution is 6.32. The Morgan fingerprint density at radius 2 is 2.19 bits per heavy atom. The van der Waals surface area contributed by atoms with Gasteiger partial charge in [-0.2, -0.15) is 0 Å². The van der Waals surface area contributed by atoms with Gasteiger partial charge in [0.25, 0.3) is 0 Å². The molecular weight excluding hydrogens is 224 g/mol. The summed E-state index contributed by atoms with van der Waals surface area (Å²) in [5.41, 5.74) is 1.11. The first-order chi connectivity index (χ1) is 7.63. The topological polar surface area (TPSA) is 26.3 Å². The second-order valence-corrected chi connectivity index (χ2v) is 4.19. The van der Waals surface area contributed by atoms with Crippen molar-refractivity contribution in [2.75, 3.05) is 6.61 Å². The summed E-state index contributed by atoms with van der Waals surface area (Å²) in [5.74, 6) is 0.967. The number of carbonyl (C=O) groups is 1. The zero-order chi connectivity index (χ0) is 12.0. The van der Waals surface area contributed by atoms with Crippen LogP contribution in [0, 0.1) is 6.92 Å². The molecule has 2 nitrogen and oxygen atoms in total. The summed E-state index contributed by atoms with van der Waals surface area (Å²) in [6, 6.07) is 5.69. The molecule has 3 heteroatoms. The van der Waals surface area contributed by atoms with Gasteiger partial charge in [-0.05, 0) is 31.0 Å². The molecule has 1 aromatic rings. The van der Waals surface area contributed by atoms with Gasteiger partial charge in [0.15, 0.2) is 0 Å². The molecular formula is C13H17ClO2. The molecule has 0 spiro atoms. The summed E-state index contributed by atoms with van der Waals surface area (Å²) in [7, 11) is 0. The molecule has 0 unspecified atom stereocenters. The van der Waals surface area contributed by atoms with Gasteiger partial charge in [0.05, 0.1) is 11.6 Å². The summed E-state index contributed by atoms with van der Waals surface area (Å²) in [6.07, 6.45) is 1.93. The number of ether oxygens (including phenoxy) is 1. The van der Waals surface area contributed by atoms with Gasteiger partial charge in [-0.3, -0.25) is 4.79 Å². The number of aryl methyl sites for hydroxylation is 1. The lowest BCUT2D eigenvalue weighted by Crippen LogP contribution is -2.02. The Morgan fingerprint density at radius 1 is 1.44 bits per heavy atom. The van der Waals surface area contributed by atoms with Crippen LogP contribution in [0.3, 0.4) is 0 Å². The highest BCUT2D eigenvalue weighted by Crippen LogP contribution is 2.25. The van der Waals surface area contributed by atoms with E-state index in [9.17, 15) is 4.79 Å². The summed E-state index contributed by atoms with van der Waals surface area (Å²) in [6.45, 7) is 4.39. The second-order valence-electron chi connectivity index (χ2n) is 3.78. The average molecular weight is 241 g/mol. The normalized spacial score (nSPS) is 10.2. The van der Waals surface area contributed by atoms with E-state index in [1.54, 1.807) is 0 Å². The van der Waals surface area contributed by atoms with E-state index in [0.29, 0.717) is 30.2 Å². The molecule has 0 heterocycles. The SMILES string of the molecule is CCC(=O)CCCOc1ccc(C)cc1Cl. The smallest absolute Gasteiger partial charge is 0.137 e. The lowest BCUT2D eigenvalue weighted by atomic mass is 10.2. The molecule has 0 radical (unpaired) electrons. The van der Waals surface area contributed by atoms with Crippen molar-refractivity contribution in [3.8, 4) is 5.75 Å². The van der Waals surface area contributed by atoms with E-state index in [1.807, 2.05) is 32.0 Å². The van der Waals surface area contributed by atoms with Gasteiger partial charge in [0.1, 0.15) is 11.5 Å². The fourth-order valence-electron chi connectivity index (χ4n) is 1.35. The van der Waals surface area contributed by atoms with Crippen molar-refractivity contribution in [3.05, 3.63) is 28.8 Å². The largest absolute Gasteiger partial charge is 0.492 e. The number of ketones is 1. The van der Waals surface area contributed by atoms with Crippen molar-refractivity contribution < 1.29 is 9.53 Å². The van der Waals surface area contributed by atoms with Gasteiger partial charge in [-0.15, -0.1) is 0 Å². The van der Waals surface area contributed by atoms with Crippen LogP contribution < -0.4 is 4.74 Å². The van der Waals surface area contributed by atoms with Crippen LogP contribution in [0.15, 0.2) is 18.2 Å². The van der Waals surface area contributed by atoms with E-state index < -0.39 is 0 Å². The molecule has 1 aromatic carbocycles. The first-order valence-electron chi connectivity index (χ1n) is 5.54. The standard InChI is InChI=1S/C13H17ClO2/c1-3-11(15)5-4-8-16-13-7-6-10(2)9-12(13)14/h6-7,9H,3-5,8H2,1-2H3. The Labute approximate surface area is 102 Å². The molecule has 0 saturated heterocycles. The van der Waals surface area contributed by atoms with Crippen LogP contribution in [0.1, 0.15) is 31.7 Å². The molecule has 0 bridgehead atoms. The number of hydrogen-bond acceptors (Lipinski definition) is 2. The highest BCUT2D eigenvalue weighted by atomic mass is 35.5. The summed E-state index contributed by atoms with van der Waals surface area (Å²) < 4.78 is 5.50. The lowest BCUT2D eigenvalue weighted by molar-refractivity contribution is -0.118. The molecule has 16 heavy (non-hydrogen) atoms. The van der Waals surface area contributed by atoms with Crippen molar-refractivity contribution in [2.24, 2.45) is 0 Å². The highest BCUT2D eigenvalue weighted by Gasteiger charge is 2.02. The van der Waals surface area contributed by atoms with E-state index in [1.165, 1.54) is 0 Å². The quantitative estimate of drug-likeness (QED) is 0.708. The third-order valence-electron chi connectivity index (χ3n) is 2.34. The third kappa shape index (κ3) is 4.23. The molecule has 88 valence electrons. The van der Waals surface area contributed by atoms with E-state index in [-0.39, 0.29) is 5.78 Å². The Hall–Kier alpha value is -1.02. The molecule has 0 aliphatic rings. The van der Waals surface area contributed by atoms with Crippen molar-refractivity contribution in [2.45, 2.75) is 33.1 Å². The molecule has 1 rings (SSSR count). The van der Waals surface area contributed by atoms with Crippen molar-refractivity contribution in [3.63, 3.8) is 0 Å². The zero-order valence-corrected chi connectivity index (χ0v) is 10.5. The van der Waals surface area contributed by atoms with Gasteiger partial charge in [0, 0.05) is 12.8 Å². The van der Waals surface area contributed by atoms with E-state index >= 15 is 0 Å². The maximum atomic E-state index is 11.1. The minimum Gasteiger partial charge on any atom is -0.492 e. The molecule has 0 saturated carbocycles. The van der Waals surface area contributed by atoms with E-state index in [0.717, 1.165) is 12.0 Å². The summed E-state index contributed by atoms with van der Waals surface area (Å²) in [4.78, 5) is 11.1. The number of carbonyl (C=O) groups excluding carboxylic acids is 1. The van der Waals surface area contributed by atoms with E-state index in [4.69, 9.17) is 16.3 Å². The van der Waals surface area contributed by atoms with Gasteiger partial charge in [0.2, 0.25) is 0 Å². The molecule has 0 aliphatic carbocycles. The maximum absolute atomic E-state index is 11.1. The molecule has 0 aliphatic heterocycles. The van der Waals surface area contributed by atoms with Crippen LogP contribution in [0.2, 0.25) is 5.02 Å². The number of hydrogen-bond donors (Lipinski definition) is 0. The maximum Gasteiger partial charge on any atom is 0.137 e. The Balaban J connectivity index is 2.35. The van der Waals surface area contributed by atoms with Crippen LogP contribution in [0.25, 0.3) is 0 Å². The number of Topliss-reactive ketones (excluding diaryl/α,β-unsaturated/α-hetero) is 1. The molecule has 0 amide bonds. The fourth-order valence-corrected chi connectivity index (χ4v) is 1.64. The molecule has 0 atom stereocenters. The van der Waals surface area contributed by atoms with Crippen LogP contribution in [0.4, 0.5) is 0 Å². The van der Waals surface area contributed by atoms with Crippen LogP contribution >= 0.6 is 11.6 Å². The number of benzene rings is 1. The average Bonchev–Trinajstić information content (AvgIpc) is 2.26. The van der Waals surface area contributed by atoms with Crippen molar-refractivity contribution in [1.29, 1.82) is 0 Å². The molecule has 0 aromatic heterocycles. The minimum absolute atomic E-state index is 0.276. The monoisotopic (exact) mass is 240 g/mol. The lowest BCUT2D eigenvalue weighted by Gasteiger charge is -2.07. The van der Waals surface area contributed by atoms with Gasteiger partial charge in [-0.25, -0.2) is 0 Å². The molecule has 0 N–H and O–H groups in total. The Bertz CT molecular complexity index is 361. The number of halogens is 1. The Kier molecular flexibility index (Phi) is 5.33.